The Bertz CT molecular complexity index is 461. The van der Waals surface area contributed by atoms with Crippen molar-refractivity contribution in [3.05, 3.63) is 21.0 Å². The maximum atomic E-state index is 11.5. The van der Waals surface area contributed by atoms with E-state index in [1.54, 1.807) is 0 Å². The Balaban J connectivity index is 2.40. The van der Waals surface area contributed by atoms with Crippen molar-refractivity contribution in [2.75, 3.05) is 11.9 Å². The fourth-order valence-electron chi connectivity index (χ4n) is 1.27. The van der Waals surface area contributed by atoms with Gasteiger partial charge in [0.2, 0.25) is 5.91 Å². The van der Waals surface area contributed by atoms with Crippen LogP contribution in [0.2, 0.25) is 0 Å². The number of hydrogen-bond donors (Lipinski definition) is 3. The van der Waals surface area contributed by atoms with Crippen LogP contribution in [0.25, 0.3) is 0 Å². The van der Waals surface area contributed by atoms with E-state index in [-0.39, 0.29) is 17.5 Å². The maximum absolute atomic E-state index is 11.5. The van der Waals surface area contributed by atoms with Crippen LogP contribution in [0, 0.1) is 0 Å². The van der Waals surface area contributed by atoms with E-state index < -0.39 is 0 Å². The highest BCUT2D eigenvalue weighted by Gasteiger charge is 2.07. The van der Waals surface area contributed by atoms with Crippen LogP contribution in [0.15, 0.2) is 15.5 Å². The van der Waals surface area contributed by atoms with E-state index in [9.17, 15) is 9.59 Å². The monoisotopic (exact) mass is 316 g/mol. The predicted molar refractivity (Wildman–Crippen MR) is 73.6 cm³/mol. The zero-order chi connectivity index (χ0) is 13.5. The molecule has 0 spiro atoms. The molecule has 0 aromatic carbocycles. The number of nitrogens with one attached hydrogen (secondary N) is 3. The Hall–Kier alpha value is -1.37. The van der Waals surface area contributed by atoms with Gasteiger partial charge in [0.25, 0.3) is 5.56 Å². The molecule has 0 saturated carbocycles. The lowest BCUT2D eigenvalue weighted by atomic mass is 10.2. The quantitative estimate of drug-likeness (QED) is 0.737. The van der Waals surface area contributed by atoms with Gasteiger partial charge in [-0.25, -0.2) is 5.10 Å². The molecule has 1 unspecified atom stereocenters. The van der Waals surface area contributed by atoms with Gasteiger partial charge in [0.15, 0.2) is 0 Å². The fourth-order valence-corrected chi connectivity index (χ4v) is 1.60. The van der Waals surface area contributed by atoms with E-state index in [4.69, 9.17) is 0 Å². The minimum absolute atomic E-state index is 0.00854. The summed E-state index contributed by atoms with van der Waals surface area (Å²) in [4.78, 5) is 22.7. The molecule has 0 aliphatic rings. The molecule has 0 aliphatic heterocycles. The normalized spacial score (nSPS) is 11.9. The maximum Gasteiger partial charge on any atom is 0.280 e. The smallest absolute Gasteiger partial charge is 0.280 e. The van der Waals surface area contributed by atoms with E-state index in [1.165, 1.54) is 6.20 Å². The minimum Gasteiger partial charge on any atom is -0.382 e. The average Bonchev–Trinajstić information content (AvgIpc) is 2.34. The van der Waals surface area contributed by atoms with Crippen molar-refractivity contribution in [1.29, 1.82) is 0 Å². The zero-order valence-corrected chi connectivity index (χ0v) is 12.0. The summed E-state index contributed by atoms with van der Waals surface area (Å²) in [5.41, 5.74) is 0.277. The number of nitrogens with zero attached hydrogens (tertiary/aromatic N) is 1. The average molecular weight is 317 g/mol. The van der Waals surface area contributed by atoms with Gasteiger partial charge in [-0.05, 0) is 29.3 Å². The molecule has 100 valence electrons. The highest BCUT2D eigenvalue weighted by molar-refractivity contribution is 9.10. The molecular formula is C11H17BrN4O2. The summed E-state index contributed by atoms with van der Waals surface area (Å²) in [5, 5.41) is 11.8. The summed E-state index contributed by atoms with van der Waals surface area (Å²) in [7, 11) is 0. The topological polar surface area (TPSA) is 86.9 Å². The first-order valence-electron chi connectivity index (χ1n) is 5.81. The Morgan fingerprint density at radius 2 is 2.33 bits per heavy atom. The molecule has 0 fully saturated rings. The van der Waals surface area contributed by atoms with Gasteiger partial charge in [0, 0.05) is 19.0 Å². The Labute approximate surface area is 114 Å². The van der Waals surface area contributed by atoms with E-state index >= 15 is 0 Å². The standard InChI is InChI=1S/C11H17BrN4O2/c1-3-7(2)15-9(17)4-5-13-8-6-14-16-11(18)10(8)12/h6-7H,3-5H2,1-2H3,(H,15,17)(H2,13,16,18). The molecule has 1 rings (SSSR count). The van der Waals surface area contributed by atoms with Gasteiger partial charge in [-0.3, -0.25) is 9.59 Å². The van der Waals surface area contributed by atoms with Crippen LogP contribution in [0.3, 0.4) is 0 Å². The Kier molecular flexibility index (Phi) is 5.84. The van der Waals surface area contributed by atoms with E-state index in [1.807, 2.05) is 13.8 Å². The van der Waals surface area contributed by atoms with Gasteiger partial charge in [-0.2, -0.15) is 5.10 Å². The van der Waals surface area contributed by atoms with Gasteiger partial charge in [0.1, 0.15) is 4.47 Å². The van der Waals surface area contributed by atoms with Gasteiger partial charge < -0.3 is 10.6 Å². The Morgan fingerprint density at radius 3 is 3.00 bits per heavy atom. The number of aromatic nitrogens is 2. The summed E-state index contributed by atoms with van der Waals surface area (Å²) in [6.45, 7) is 4.43. The second kappa shape index (κ2) is 7.15. The van der Waals surface area contributed by atoms with Gasteiger partial charge in [-0.1, -0.05) is 6.92 Å². The number of carbonyl (C=O) groups excluding carboxylic acids is 1. The van der Waals surface area contributed by atoms with Crippen LogP contribution in [-0.2, 0) is 4.79 Å². The highest BCUT2D eigenvalue weighted by Crippen LogP contribution is 2.14. The van der Waals surface area contributed by atoms with Crippen LogP contribution in [0.1, 0.15) is 26.7 Å². The summed E-state index contributed by atoms with van der Waals surface area (Å²) < 4.78 is 0.389. The lowest BCUT2D eigenvalue weighted by Crippen LogP contribution is -2.33. The fraction of sp³-hybridized carbons (Fsp3) is 0.545. The lowest BCUT2D eigenvalue weighted by molar-refractivity contribution is -0.121. The summed E-state index contributed by atoms with van der Waals surface area (Å²) in [6.07, 6.45) is 2.75. The van der Waals surface area contributed by atoms with Crippen LogP contribution in [0.4, 0.5) is 5.69 Å². The molecule has 6 nitrogen and oxygen atoms in total. The minimum atomic E-state index is -0.302. The molecule has 0 bridgehead atoms. The van der Waals surface area contributed by atoms with Crippen molar-refractivity contribution in [1.82, 2.24) is 15.5 Å². The van der Waals surface area contributed by atoms with Crippen molar-refractivity contribution in [3.63, 3.8) is 0 Å². The van der Waals surface area contributed by atoms with Crippen molar-refractivity contribution < 1.29 is 4.79 Å². The number of H-pyrrole nitrogens is 1. The second-order valence-corrected chi connectivity index (χ2v) is 4.77. The number of halogens is 1. The molecule has 0 saturated heterocycles. The molecule has 1 amide bonds. The first kappa shape index (κ1) is 14.7. The highest BCUT2D eigenvalue weighted by atomic mass is 79.9. The number of carbonyl (C=O) groups is 1. The van der Waals surface area contributed by atoms with Crippen molar-refractivity contribution in [3.8, 4) is 0 Å². The molecule has 18 heavy (non-hydrogen) atoms. The number of anilines is 1. The third kappa shape index (κ3) is 4.48. The molecule has 7 heteroatoms. The summed E-state index contributed by atoms with van der Waals surface area (Å²) in [5.74, 6) is -0.00854. The number of amides is 1. The largest absolute Gasteiger partial charge is 0.382 e. The molecule has 1 aromatic rings. The molecule has 3 N–H and O–H groups in total. The first-order valence-corrected chi connectivity index (χ1v) is 6.60. The third-order valence-corrected chi connectivity index (χ3v) is 3.27. The van der Waals surface area contributed by atoms with Gasteiger partial charge in [-0.15, -0.1) is 0 Å². The summed E-state index contributed by atoms with van der Waals surface area (Å²) in [6, 6.07) is 0.186. The van der Waals surface area contributed by atoms with E-state index in [0.717, 1.165) is 6.42 Å². The van der Waals surface area contributed by atoms with Gasteiger partial charge in [0.05, 0.1) is 11.9 Å². The lowest BCUT2D eigenvalue weighted by Gasteiger charge is -2.12. The molecule has 1 aromatic heterocycles. The number of rotatable bonds is 6. The summed E-state index contributed by atoms with van der Waals surface area (Å²) >= 11 is 3.15. The van der Waals surface area contributed by atoms with Gasteiger partial charge >= 0.3 is 0 Å². The number of aromatic amines is 1. The molecule has 0 aliphatic carbocycles. The van der Waals surface area contributed by atoms with E-state index in [2.05, 4.69) is 36.8 Å². The van der Waals surface area contributed by atoms with Crippen molar-refractivity contribution in [2.24, 2.45) is 0 Å². The molecular weight excluding hydrogens is 300 g/mol. The van der Waals surface area contributed by atoms with Crippen LogP contribution >= 0.6 is 15.9 Å². The Morgan fingerprint density at radius 1 is 1.61 bits per heavy atom. The predicted octanol–water partition coefficient (Wildman–Crippen LogP) is 1.25. The SMILES string of the molecule is CCC(C)NC(=O)CCNc1cn[nH]c(=O)c1Br. The van der Waals surface area contributed by atoms with Crippen molar-refractivity contribution >= 4 is 27.5 Å². The van der Waals surface area contributed by atoms with E-state index in [0.29, 0.717) is 23.1 Å². The molecule has 1 atom stereocenters. The first-order chi connectivity index (χ1) is 8.54. The third-order valence-electron chi connectivity index (χ3n) is 2.48. The molecule has 1 heterocycles. The van der Waals surface area contributed by atoms with Crippen molar-refractivity contribution in [2.45, 2.75) is 32.7 Å². The number of hydrogen-bond acceptors (Lipinski definition) is 4. The molecule has 0 radical (unpaired) electrons. The zero-order valence-electron chi connectivity index (χ0n) is 10.4. The second-order valence-electron chi connectivity index (χ2n) is 3.98. The van der Waals surface area contributed by atoms with Crippen LogP contribution < -0.4 is 16.2 Å². The van der Waals surface area contributed by atoms with Crippen LogP contribution in [-0.4, -0.2) is 28.7 Å². The van der Waals surface area contributed by atoms with Crippen LogP contribution in [0.5, 0.6) is 0 Å².